The second-order valence-corrected chi connectivity index (χ2v) is 9.09. The topological polar surface area (TPSA) is 72.2 Å². The Hall–Kier alpha value is -2.59. The van der Waals surface area contributed by atoms with Crippen molar-refractivity contribution in [3.05, 3.63) is 29.3 Å². The molecule has 0 spiro atoms. The number of anilines is 1. The van der Waals surface area contributed by atoms with Crippen molar-refractivity contribution in [2.75, 3.05) is 32.1 Å². The molecule has 3 aromatic heterocycles. The molecule has 0 unspecified atom stereocenters. The highest BCUT2D eigenvalue weighted by molar-refractivity contribution is 6.30. The lowest BCUT2D eigenvalue weighted by Gasteiger charge is -2.20. The summed E-state index contributed by atoms with van der Waals surface area (Å²) in [6.07, 6.45) is 4.44. The Morgan fingerprint density at radius 3 is 2.62 bits per heavy atom. The van der Waals surface area contributed by atoms with Gasteiger partial charge in [0.15, 0.2) is 11.6 Å². The summed E-state index contributed by atoms with van der Waals surface area (Å²) in [7, 11) is 4.11. The van der Waals surface area contributed by atoms with E-state index in [9.17, 15) is 8.78 Å². The van der Waals surface area contributed by atoms with Gasteiger partial charge in [0, 0.05) is 44.4 Å². The minimum atomic E-state index is -3.23. The summed E-state index contributed by atoms with van der Waals surface area (Å²) in [4.78, 5) is 16.7. The largest absolute Gasteiger partial charge is 0.474 e. The maximum atomic E-state index is 14.2. The van der Waals surface area contributed by atoms with Gasteiger partial charge in [0.25, 0.3) is 0 Å². The van der Waals surface area contributed by atoms with Crippen LogP contribution in [0.5, 0.6) is 5.88 Å². The Labute approximate surface area is 189 Å². The number of pyridine rings is 1. The molecule has 0 radical (unpaired) electrons. The Morgan fingerprint density at radius 2 is 1.97 bits per heavy atom. The maximum Gasteiger partial charge on any atom is 0.304 e. The van der Waals surface area contributed by atoms with E-state index >= 15 is 0 Å². The van der Waals surface area contributed by atoms with E-state index in [0.29, 0.717) is 11.6 Å². The van der Waals surface area contributed by atoms with Crippen molar-refractivity contribution in [2.24, 2.45) is 0 Å². The fraction of sp³-hybridized carbons (Fsp3) is 0.524. The molecule has 0 amide bonds. The Morgan fingerprint density at radius 1 is 1.19 bits per heavy atom. The summed E-state index contributed by atoms with van der Waals surface area (Å²) >= 11 is 6.17. The SMILES string of the molecule is CN(C)[C@H]1CCN(c2nn(-c3cc(OC4CC4)nc(C(C)(F)F)n3)c3cc(Cl)ncc23)C1. The molecule has 1 atom stereocenters. The number of rotatable bonds is 6. The number of hydrogen-bond acceptors (Lipinski definition) is 7. The van der Waals surface area contributed by atoms with Gasteiger partial charge in [-0.3, -0.25) is 0 Å². The Kier molecular flexibility index (Phi) is 5.16. The monoisotopic (exact) mass is 463 g/mol. The highest BCUT2D eigenvalue weighted by atomic mass is 35.5. The second kappa shape index (κ2) is 7.77. The molecule has 0 N–H and O–H groups in total. The standard InChI is InChI=1S/C21H24ClF2N7O/c1-21(23,24)20-26-17(9-18(27-20)32-13-4-5-13)31-15-8-16(22)25-10-14(15)19(28-31)30-7-6-12(11-30)29(2)3/h8-10,12-13H,4-7,11H2,1-3H3/t12-/m0/s1. The van der Waals surface area contributed by atoms with Crippen molar-refractivity contribution in [1.82, 2.24) is 29.6 Å². The molecule has 170 valence electrons. The number of hydrogen-bond donors (Lipinski definition) is 0. The maximum absolute atomic E-state index is 14.2. The van der Waals surface area contributed by atoms with Crippen LogP contribution in [0.3, 0.4) is 0 Å². The van der Waals surface area contributed by atoms with Crippen LogP contribution < -0.4 is 9.64 Å². The molecular formula is C21H24ClF2N7O. The highest BCUT2D eigenvalue weighted by Crippen LogP contribution is 2.34. The fourth-order valence-electron chi connectivity index (χ4n) is 3.87. The van der Waals surface area contributed by atoms with E-state index in [1.807, 2.05) is 0 Å². The van der Waals surface area contributed by atoms with E-state index in [0.717, 1.165) is 50.5 Å². The molecule has 8 nitrogen and oxygen atoms in total. The first-order chi connectivity index (χ1) is 15.2. The first-order valence-electron chi connectivity index (χ1n) is 10.6. The van der Waals surface area contributed by atoms with E-state index in [1.165, 1.54) is 4.68 Å². The number of halogens is 3. The van der Waals surface area contributed by atoms with Crippen LogP contribution in [0.25, 0.3) is 16.7 Å². The van der Waals surface area contributed by atoms with Gasteiger partial charge < -0.3 is 14.5 Å². The molecular weight excluding hydrogens is 440 g/mol. The van der Waals surface area contributed by atoms with Crippen LogP contribution in [0, 0.1) is 0 Å². The number of ether oxygens (including phenoxy) is 1. The van der Waals surface area contributed by atoms with Gasteiger partial charge in [0.05, 0.1) is 10.9 Å². The third kappa shape index (κ3) is 4.09. The Balaban J connectivity index is 1.63. The predicted molar refractivity (Wildman–Crippen MR) is 117 cm³/mol. The van der Waals surface area contributed by atoms with Crippen molar-refractivity contribution in [3.8, 4) is 11.7 Å². The Bertz CT molecular complexity index is 1160. The second-order valence-electron chi connectivity index (χ2n) is 8.71. The molecule has 0 aromatic carbocycles. The van der Waals surface area contributed by atoms with E-state index < -0.39 is 11.7 Å². The molecule has 1 aliphatic heterocycles. The van der Waals surface area contributed by atoms with Gasteiger partial charge in [-0.25, -0.2) is 14.6 Å². The van der Waals surface area contributed by atoms with E-state index in [1.54, 1.807) is 18.3 Å². The highest BCUT2D eigenvalue weighted by Gasteiger charge is 2.33. The van der Waals surface area contributed by atoms with Crippen molar-refractivity contribution in [2.45, 2.75) is 44.3 Å². The third-order valence-corrected chi connectivity index (χ3v) is 6.02. The summed E-state index contributed by atoms with van der Waals surface area (Å²) < 4.78 is 35.6. The quantitative estimate of drug-likeness (QED) is 0.516. The molecule has 0 bridgehead atoms. The van der Waals surface area contributed by atoms with Crippen LogP contribution in [-0.4, -0.2) is 69.0 Å². The predicted octanol–water partition coefficient (Wildman–Crippen LogP) is 3.66. The average Bonchev–Trinajstić information content (AvgIpc) is 3.26. The number of aromatic nitrogens is 5. The number of alkyl halides is 2. The lowest BCUT2D eigenvalue weighted by Crippen LogP contribution is -2.31. The van der Waals surface area contributed by atoms with Gasteiger partial charge >= 0.3 is 5.92 Å². The van der Waals surface area contributed by atoms with Crippen molar-refractivity contribution in [3.63, 3.8) is 0 Å². The molecule has 1 saturated heterocycles. The summed E-state index contributed by atoms with van der Waals surface area (Å²) in [5.74, 6) is -2.79. The lowest BCUT2D eigenvalue weighted by molar-refractivity contribution is 0.00684. The van der Waals surface area contributed by atoms with Gasteiger partial charge in [-0.1, -0.05) is 11.6 Å². The average molecular weight is 464 g/mol. The molecule has 1 aliphatic carbocycles. The van der Waals surface area contributed by atoms with Crippen LogP contribution in [0.2, 0.25) is 5.15 Å². The van der Waals surface area contributed by atoms with Crippen LogP contribution in [0.1, 0.15) is 32.0 Å². The fourth-order valence-corrected chi connectivity index (χ4v) is 4.02. The van der Waals surface area contributed by atoms with Crippen LogP contribution in [-0.2, 0) is 5.92 Å². The molecule has 2 aliphatic rings. The van der Waals surface area contributed by atoms with Crippen molar-refractivity contribution < 1.29 is 13.5 Å². The molecule has 3 aromatic rings. The van der Waals surface area contributed by atoms with Gasteiger partial charge in [-0.2, -0.15) is 13.8 Å². The summed E-state index contributed by atoms with van der Waals surface area (Å²) in [6, 6.07) is 3.61. The minimum Gasteiger partial charge on any atom is -0.474 e. The van der Waals surface area contributed by atoms with Gasteiger partial charge in [-0.05, 0) is 33.4 Å². The van der Waals surface area contributed by atoms with Gasteiger partial charge in [0.1, 0.15) is 11.3 Å². The van der Waals surface area contributed by atoms with Gasteiger partial charge in [-0.15, -0.1) is 5.10 Å². The summed E-state index contributed by atoms with van der Waals surface area (Å²) in [5.41, 5.74) is 0.634. The number of fused-ring (bicyclic) bond motifs is 1. The smallest absolute Gasteiger partial charge is 0.304 e. The van der Waals surface area contributed by atoms with E-state index in [4.69, 9.17) is 21.4 Å². The molecule has 2 fully saturated rings. The van der Waals surface area contributed by atoms with Crippen molar-refractivity contribution in [1.29, 1.82) is 0 Å². The summed E-state index contributed by atoms with van der Waals surface area (Å²) in [6.45, 7) is 2.40. The molecule has 1 saturated carbocycles. The number of nitrogens with zero attached hydrogens (tertiary/aromatic N) is 7. The molecule has 32 heavy (non-hydrogen) atoms. The first kappa shape index (κ1) is 21.3. The molecule has 5 rings (SSSR count). The zero-order chi connectivity index (χ0) is 22.6. The van der Waals surface area contributed by atoms with Crippen LogP contribution in [0.4, 0.5) is 14.6 Å². The third-order valence-electron chi connectivity index (χ3n) is 5.82. The van der Waals surface area contributed by atoms with Gasteiger partial charge in [0.2, 0.25) is 11.7 Å². The summed E-state index contributed by atoms with van der Waals surface area (Å²) in [5, 5.41) is 5.83. The number of likely N-dealkylation sites (N-methyl/N-ethyl adjacent to an activating group) is 1. The zero-order valence-electron chi connectivity index (χ0n) is 18.1. The molecule has 4 heterocycles. The minimum absolute atomic E-state index is 0.00668. The van der Waals surface area contributed by atoms with Crippen LogP contribution in [0.15, 0.2) is 18.3 Å². The normalized spacial score (nSPS) is 19.3. The molecule has 11 heteroatoms. The van der Waals surface area contributed by atoms with E-state index in [2.05, 4.69) is 38.8 Å². The van der Waals surface area contributed by atoms with Crippen LogP contribution >= 0.6 is 11.6 Å². The zero-order valence-corrected chi connectivity index (χ0v) is 18.9. The van der Waals surface area contributed by atoms with Crippen molar-refractivity contribution >= 4 is 28.3 Å². The first-order valence-corrected chi connectivity index (χ1v) is 11.0. The van der Waals surface area contributed by atoms with E-state index in [-0.39, 0.29) is 23.0 Å². The lowest BCUT2D eigenvalue weighted by atomic mass is 10.2.